The summed E-state index contributed by atoms with van der Waals surface area (Å²) in [5, 5.41) is 10.7. The number of benzene rings is 1. The molecule has 1 aromatic carbocycles. The van der Waals surface area contributed by atoms with Crippen molar-refractivity contribution in [2.75, 3.05) is 0 Å². The molecule has 4 heteroatoms. The summed E-state index contributed by atoms with van der Waals surface area (Å²) in [6.45, 7) is 2.05. The zero-order chi connectivity index (χ0) is 13.8. The van der Waals surface area contributed by atoms with Gasteiger partial charge in [0.1, 0.15) is 11.7 Å². The standard InChI is InChI=1S/C15H17FN2S/c1-2-10-5-3-4-6-12(10)15(17)18-11-7-8-14(19)13(16)9-11/h3-7,9,14,19H,2,8H2,1H3,(H2,17,18). The van der Waals surface area contributed by atoms with Gasteiger partial charge in [-0.2, -0.15) is 12.6 Å². The highest BCUT2D eigenvalue weighted by molar-refractivity contribution is 7.81. The number of nitrogens with one attached hydrogen (secondary N) is 2. The highest BCUT2D eigenvalue weighted by Crippen LogP contribution is 2.22. The van der Waals surface area contributed by atoms with Crippen LogP contribution in [0.3, 0.4) is 0 Å². The zero-order valence-corrected chi connectivity index (χ0v) is 11.7. The van der Waals surface area contributed by atoms with E-state index in [1.165, 1.54) is 6.08 Å². The summed E-state index contributed by atoms with van der Waals surface area (Å²) >= 11 is 4.12. The lowest BCUT2D eigenvalue weighted by Crippen LogP contribution is -2.25. The molecule has 1 aliphatic rings. The maximum absolute atomic E-state index is 13.5. The molecule has 0 bridgehead atoms. The topological polar surface area (TPSA) is 35.9 Å². The van der Waals surface area contributed by atoms with Crippen molar-refractivity contribution in [3.8, 4) is 0 Å². The van der Waals surface area contributed by atoms with E-state index >= 15 is 0 Å². The van der Waals surface area contributed by atoms with Crippen LogP contribution in [0.15, 0.2) is 47.9 Å². The molecule has 0 aliphatic heterocycles. The minimum Gasteiger partial charge on any atom is -0.340 e. The number of rotatable bonds is 3. The van der Waals surface area contributed by atoms with Crippen molar-refractivity contribution in [2.24, 2.45) is 0 Å². The zero-order valence-electron chi connectivity index (χ0n) is 10.8. The first kappa shape index (κ1) is 13.9. The molecule has 0 radical (unpaired) electrons. The van der Waals surface area contributed by atoms with Gasteiger partial charge in [0.15, 0.2) is 0 Å². The van der Waals surface area contributed by atoms with Crippen LogP contribution in [-0.4, -0.2) is 11.1 Å². The van der Waals surface area contributed by atoms with Crippen LogP contribution in [0.25, 0.3) is 0 Å². The van der Waals surface area contributed by atoms with Gasteiger partial charge >= 0.3 is 0 Å². The molecular weight excluding hydrogens is 259 g/mol. The maximum Gasteiger partial charge on any atom is 0.130 e. The molecule has 0 spiro atoms. The highest BCUT2D eigenvalue weighted by Gasteiger charge is 2.15. The van der Waals surface area contributed by atoms with E-state index in [-0.39, 0.29) is 11.1 Å². The second kappa shape index (κ2) is 6.06. The van der Waals surface area contributed by atoms with Crippen molar-refractivity contribution in [3.63, 3.8) is 0 Å². The summed E-state index contributed by atoms with van der Waals surface area (Å²) in [5.74, 6) is 0.0373. The average Bonchev–Trinajstić information content (AvgIpc) is 2.43. The SMILES string of the molecule is CCc1ccccc1C(=N)NC1=CCC(S)C(F)=C1. The normalized spacial score (nSPS) is 18.6. The molecule has 0 saturated heterocycles. The number of amidine groups is 1. The Labute approximate surface area is 118 Å². The van der Waals surface area contributed by atoms with Crippen LogP contribution in [0.5, 0.6) is 0 Å². The van der Waals surface area contributed by atoms with Crippen LogP contribution in [-0.2, 0) is 6.42 Å². The van der Waals surface area contributed by atoms with E-state index in [0.29, 0.717) is 18.0 Å². The Morgan fingerprint density at radius 1 is 1.47 bits per heavy atom. The third kappa shape index (κ3) is 3.26. The van der Waals surface area contributed by atoms with E-state index in [2.05, 4.69) is 24.9 Å². The fourth-order valence-electron chi connectivity index (χ4n) is 2.03. The van der Waals surface area contributed by atoms with Gasteiger partial charge < -0.3 is 5.32 Å². The lowest BCUT2D eigenvalue weighted by molar-refractivity contribution is 0.592. The first-order valence-corrected chi connectivity index (χ1v) is 6.82. The minimum atomic E-state index is -0.359. The van der Waals surface area contributed by atoms with E-state index < -0.39 is 0 Å². The Morgan fingerprint density at radius 3 is 2.89 bits per heavy atom. The molecule has 2 N–H and O–H groups in total. The highest BCUT2D eigenvalue weighted by atomic mass is 32.1. The molecule has 1 aliphatic carbocycles. The average molecular weight is 276 g/mol. The van der Waals surface area contributed by atoms with Crippen LogP contribution < -0.4 is 5.32 Å². The fourth-order valence-corrected chi connectivity index (χ4v) is 2.21. The van der Waals surface area contributed by atoms with Crippen molar-refractivity contribution in [1.29, 1.82) is 5.41 Å². The number of allylic oxidation sites excluding steroid dienone is 2. The predicted molar refractivity (Wildman–Crippen MR) is 80.4 cm³/mol. The number of hydrogen-bond acceptors (Lipinski definition) is 2. The number of thiol groups is 1. The molecule has 2 nitrogen and oxygen atoms in total. The van der Waals surface area contributed by atoms with Gasteiger partial charge in [0.2, 0.25) is 0 Å². The van der Waals surface area contributed by atoms with Gasteiger partial charge in [-0.1, -0.05) is 37.3 Å². The number of hydrogen-bond donors (Lipinski definition) is 3. The Kier molecular flexibility index (Phi) is 4.43. The predicted octanol–water partition coefficient (Wildman–Crippen LogP) is 3.60. The molecule has 0 fully saturated rings. The largest absolute Gasteiger partial charge is 0.340 e. The summed E-state index contributed by atoms with van der Waals surface area (Å²) in [5.41, 5.74) is 2.58. The summed E-state index contributed by atoms with van der Waals surface area (Å²) in [6, 6.07) is 7.76. The van der Waals surface area contributed by atoms with Crippen LogP contribution in [0, 0.1) is 5.41 Å². The first-order valence-electron chi connectivity index (χ1n) is 6.31. The van der Waals surface area contributed by atoms with Crippen molar-refractivity contribution in [3.05, 3.63) is 59.1 Å². The lowest BCUT2D eigenvalue weighted by atomic mass is 10.0. The molecule has 2 rings (SSSR count). The quantitative estimate of drug-likeness (QED) is 0.440. The fraction of sp³-hybridized carbons (Fsp3) is 0.267. The number of aryl methyl sites for hydroxylation is 1. The van der Waals surface area contributed by atoms with Gasteiger partial charge in [0.25, 0.3) is 0 Å². The molecule has 0 aromatic heterocycles. The van der Waals surface area contributed by atoms with Gasteiger partial charge in [0.05, 0.1) is 5.25 Å². The van der Waals surface area contributed by atoms with Crippen LogP contribution in [0.1, 0.15) is 24.5 Å². The summed E-state index contributed by atoms with van der Waals surface area (Å²) < 4.78 is 13.5. The second-order valence-electron chi connectivity index (χ2n) is 4.45. The summed E-state index contributed by atoms with van der Waals surface area (Å²) in [7, 11) is 0. The van der Waals surface area contributed by atoms with Crippen molar-refractivity contribution in [1.82, 2.24) is 5.32 Å². The van der Waals surface area contributed by atoms with Gasteiger partial charge in [-0.3, -0.25) is 5.41 Å². The van der Waals surface area contributed by atoms with Gasteiger partial charge in [-0.25, -0.2) is 4.39 Å². The molecule has 19 heavy (non-hydrogen) atoms. The van der Waals surface area contributed by atoms with Gasteiger partial charge in [0, 0.05) is 11.3 Å². The minimum absolute atomic E-state index is 0.259. The maximum atomic E-state index is 13.5. The Morgan fingerprint density at radius 2 is 2.21 bits per heavy atom. The van der Waals surface area contributed by atoms with Crippen LogP contribution in [0.4, 0.5) is 4.39 Å². The Balaban J connectivity index is 2.14. The molecule has 1 aromatic rings. The van der Waals surface area contributed by atoms with E-state index in [9.17, 15) is 4.39 Å². The smallest absolute Gasteiger partial charge is 0.130 e. The van der Waals surface area contributed by atoms with E-state index in [0.717, 1.165) is 17.5 Å². The molecule has 0 saturated carbocycles. The van der Waals surface area contributed by atoms with E-state index in [1.807, 2.05) is 30.3 Å². The Hall–Kier alpha value is -1.55. The van der Waals surface area contributed by atoms with Crippen molar-refractivity contribution < 1.29 is 4.39 Å². The summed E-state index contributed by atoms with van der Waals surface area (Å²) in [6.07, 6.45) is 4.67. The van der Waals surface area contributed by atoms with Gasteiger partial charge in [-0.05, 0) is 24.5 Å². The van der Waals surface area contributed by atoms with Crippen molar-refractivity contribution in [2.45, 2.75) is 25.0 Å². The molecule has 1 unspecified atom stereocenters. The second-order valence-corrected chi connectivity index (χ2v) is 5.07. The van der Waals surface area contributed by atoms with Gasteiger partial charge in [-0.15, -0.1) is 0 Å². The molecule has 100 valence electrons. The summed E-state index contributed by atoms with van der Waals surface area (Å²) in [4.78, 5) is 0. The lowest BCUT2D eigenvalue weighted by Gasteiger charge is -2.17. The van der Waals surface area contributed by atoms with E-state index in [4.69, 9.17) is 5.41 Å². The third-order valence-corrected chi connectivity index (χ3v) is 3.57. The molecule has 0 amide bonds. The molecule has 1 atom stereocenters. The van der Waals surface area contributed by atoms with E-state index in [1.54, 1.807) is 0 Å². The molecule has 0 heterocycles. The molecular formula is C15H17FN2S. The van der Waals surface area contributed by atoms with Crippen LogP contribution >= 0.6 is 12.6 Å². The first-order chi connectivity index (χ1) is 9.11. The number of halogens is 1. The van der Waals surface area contributed by atoms with Crippen molar-refractivity contribution >= 4 is 18.5 Å². The van der Waals surface area contributed by atoms with Crippen LogP contribution in [0.2, 0.25) is 0 Å². The third-order valence-electron chi connectivity index (χ3n) is 3.11. The Bertz CT molecular complexity index is 549. The monoisotopic (exact) mass is 276 g/mol.